The summed E-state index contributed by atoms with van der Waals surface area (Å²) in [5.74, 6) is 0. The first-order valence-corrected chi connectivity index (χ1v) is 6.14. The first kappa shape index (κ1) is 10.4. The highest BCUT2D eigenvalue weighted by molar-refractivity contribution is 8.13. The van der Waals surface area contributed by atoms with Crippen LogP contribution < -0.4 is 10.9 Å². The highest BCUT2D eigenvalue weighted by atomic mass is 32.2. The lowest BCUT2D eigenvalue weighted by atomic mass is 10.2. The third-order valence-corrected chi connectivity index (χ3v) is 3.43. The lowest BCUT2D eigenvalue weighted by molar-refractivity contribution is 0.544. The number of amidine groups is 1. The molecule has 0 spiro atoms. The molecule has 0 saturated carbocycles. The molecule has 0 bridgehead atoms. The summed E-state index contributed by atoms with van der Waals surface area (Å²) in [4.78, 5) is 16.6. The fourth-order valence-electron chi connectivity index (χ4n) is 1.66. The molecule has 2 aromatic rings. The fourth-order valence-corrected chi connectivity index (χ4v) is 2.51. The average molecular weight is 246 g/mol. The van der Waals surface area contributed by atoms with Gasteiger partial charge in [0, 0.05) is 11.9 Å². The molecule has 1 aromatic heterocycles. The molecule has 1 aromatic carbocycles. The molecule has 0 amide bonds. The van der Waals surface area contributed by atoms with E-state index >= 15 is 0 Å². The van der Waals surface area contributed by atoms with Gasteiger partial charge in [-0.15, -0.1) is 0 Å². The van der Waals surface area contributed by atoms with Crippen LogP contribution in [-0.4, -0.2) is 18.3 Å². The van der Waals surface area contributed by atoms with Crippen LogP contribution in [-0.2, 0) is 0 Å². The van der Waals surface area contributed by atoms with Gasteiger partial charge >= 0.3 is 5.63 Å². The van der Waals surface area contributed by atoms with Crippen LogP contribution >= 0.6 is 11.8 Å². The maximum Gasteiger partial charge on any atom is 0.350 e. The van der Waals surface area contributed by atoms with Gasteiger partial charge in [0.1, 0.15) is 10.5 Å². The van der Waals surface area contributed by atoms with Gasteiger partial charge in [0.2, 0.25) is 0 Å². The standard InChI is InChI=1S/C12H10N2O2S/c15-11-10(17-12-13-5-6-14-12)7-8-3-1-2-4-9(8)16-11/h1-4,7H,5-6H2,(H,13,14). The summed E-state index contributed by atoms with van der Waals surface area (Å²) in [6.45, 7) is 1.60. The van der Waals surface area contributed by atoms with Crippen molar-refractivity contribution in [3.63, 3.8) is 0 Å². The Morgan fingerprint density at radius 1 is 1.35 bits per heavy atom. The summed E-state index contributed by atoms with van der Waals surface area (Å²) in [6.07, 6.45) is 0. The highest BCUT2D eigenvalue weighted by Crippen LogP contribution is 2.21. The predicted octanol–water partition coefficient (Wildman–Crippen LogP) is 1.84. The van der Waals surface area contributed by atoms with Crippen molar-refractivity contribution in [3.8, 4) is 0 Å². The quantitative estimate of drug-likeness (QED) is 0.780. The molecule has 1 aliphatic heterocycles. The lowest BCUT2D eigenvalue weighted by Gasteiger charge is -2.02. The number of nitrogens with zero attached hydrogens (tertiary/aromatic N) is 1. The van der Waals surface area contributed by atoms with E-state index in [1.807, 2.05) is 24.3 Å². The lowest BCUT2D eigenvalue weighted by Crippen LogP contribution is -2.16. The van der Waals surface area contributed by atoms with Crippen LogP contribution in [0, 0.1) is 0 Å². The first-order chi connectivity index (χ1) is 8.33. The minimum atomic E-state index is -0.315. The second-order valence-electron chi connectivity index (χ2n) is 3.65. The molecule has 17 heavy (non-hydrogen) atoms. The van der Waals surface area contributed by atoms with Crippen LogP contribution in [0.1, 0.15) is 0 Å². The van der Waals surface area contributed by atoms with E-state index in [4.69, 9.17) is 4.42 Å². The third kappa shape index (κ3) is 2.06. The maximum atomic E-state index is 11.8. The molecule has 0 radical (unpaired) electrons. The summed E-state index contributed by atoms with van der Waals surface area (Å²) >= 11 is 1.33. The van der Waals surface area contributed by atoms with Crippen molar-refractivity contribution in [2.45, 2.75) is 4.90 Å². The number of fused-ring (bicyclic) bond motifs is 1. The van der Waals surface area contributed by atoms with E-state index in [1.54, 1.807) is 6.07 Å². The largest absolute Gasteiger partial charge is 0.422 e. The van der Waals surface area contributed by atoms with Crippen LogP contribution in [0.2, 0.25) is 0 Å². The van der Waals surface area contributed by atoms with E-state index in [0.717, 1.165) is 23.6 Å². The van der Waals surface area contributed by atoms with Gasteiger partial charge in [0.05, 0.1) is 6.54 Å². The number of rotatable bonds is 1. The van der Waals surface area contributed by atoms with E-state index in [-0.39, 0.29) is 5.63 Å². The van der Waals surface area contributed by atoms with Gasteiger partial charge in [-0.3, -0.25) is 4.99 Å². The molecule has 0 saturated heterocycles. The first-order valence-electron chi connectivity index (χ1n) is 5.32. The zero-order valence-electron chi connectivity index (χ0n) is 8.97. The van der Waals surface area contributed by atoms with Gasteiger partial charge < -0.3 is 9.73 Å². The van der Waals surface area contributed by atoms with Crippen molar-refractivity contribution in [2.24, 2.45) is 4.99 Å². The van der Waals surface area contributed by atoms with Crippen molar-refractivity contribution >= 4 is 27.9 Å². The van der Waals surface area contributed by atoms with Crippen molar-refractivity contribution in [1.29, 1.82) is 0 Å². The van der Waals surface area contributed by atoms with Crippen molar-refractivity contribution in [2.75, 3.05) is 13.1 Å². The molecule has 2 heterocycles. The van der Waals surface area contributed by atoms with Crippen molar-refractivity contribution in [1.82, 2.24) is 5.32 Å². The molecule has 0 unspecified atom stereocenters. The molecule has 1 aliphatic rings. The van der Waals surface area contributed by atoms with E-state index in [0.29, 0.717) is 10.5 Å². The Bertz CT molecular complexity index is 648. The number of hydrogen-bond acceptors (Lipinski definition) is 5. The Balaban J connectivity index is 2.04. The Morgan fingerprint density at radius 2 is 2.24 bits per heavy atom. The number of aliphatic imine (C=N–C) groups is 1. The summed E-state index contributed by atoms with van der Waals surface area (Å²) in [7, 11) is 0. The average Bonchev–Trinajstić information content (AvgIpc) is 2.83. The Labute approximate surface area is 102 Å². The van der Waals surface area contributed by atoms with Crippen LogP contribution in [0.15, 0.2) is 49.4 Å². The van der Waals surface area contributed by atoms with Crippen LogP contribution in [0.4, 0.5) is 0 Å². The van der Waals surface area contributed by atoms with Crippen LogP contribution in [0.3, 0.4) is 0 Å². The topological polar surface area (TPSA) is 54.6 Å². The molecule has 86 valence electrons. The maximum absolute atomic E-state index is 11.8. The number of hydrogen-bond donors (Lipinski definition) is 1. The zero-order valence-corrected chi connectivity index (χ0v) is 9.79. The van der Waals surface area contributed by atoms with Gasteiger partial charge in [-0.1, -0.05) is 18.2 Å². The SMILES string of the molecule is O=c1oc2ccccc2cc1SC1=NCCN1. The predicted molar refractivity (Wildman–Crippen MR) is 68.6 cm³/mol. The van der Waals surface area contributed by atoms with Gasteiger partial charge in [-0.25, -0.2) is 4.79 Å². The van der Waals surface area contributed by atoms with Crippen molar-refractivity contribution < 1.29 is 4.42 Å². The Morgan fingerprint density at radius 3 is 3.06 bits per heavy atom. The number of benzene rings is 1. The van der Waals surface area contributed by atoms with Gasteiger partial charge in [0.15, 0.2) is 5.17 Å². The molecular weight excluding hydrogens is 236 g/mol. The normalized spacial score (nSPS) is 14.7. The zero-order chi connectivity index (χ0) is 11.7. The van der Waals surface area contributed by atoms with Gasteiger partial charge in [-0.2, -0.15) is 0 Å². The van der Waals surface area contributed by atoms with E-state index in [9.17, 15) is 4.79 Å². The summed E-state index contributed by atoms with van der Waals surface area (Å²) in [6, 6.07) is 9.32. The number of nitrogens with one attached hydrogen (secondary N) is 1. The number of thioether (sulfide) groups is 1. The molecule has 3 rings (SSSR count). The highest BCUT2D eigenvalue weighted by Gasteiger charge is 2.11. The Kier molecular flexibility index (Phi) is 2.60. The number of para-hydroxylation sites is 1. The molecular formula is C12H10N2O2S. The monoisotopic (exact) mass is 246 g/mol. The minimum absolute atomic E-state index is 0.315. The minimum Gasteiger partial charge on any atom is -0.422 e. The smallest absolute Gasteiger partial charge is 0.350 e. The van der Waals surface area contributed by atoms with Gasteiger partial charge in [0.25, 0.3) is 0 Å². The summed E-state index contributed by atoms with van der Waals surface area (Å²) < 4.78 is 5.24. The molecule has 0 aliphatic carbocycles. The molecule has 4 nitrogen and oxygen atoms in total. The molecule has 1 N–H and O–H groups in total. The summed E-state index contributed by atoms with van der Waals surface area (Å²) in [5, 5.41) is 4.82. The molecule has 5 heteroatoms. The second kappa shape index (κ2) is 4.25. The summed E-state index contributed by atoms with van der Waals surface area (Å²) in [5.41, 5.74) is 0.299. The van der Waals surface area contributed by atoms with E-state index < -0.39 is 0 Å². The van der Waals surface area contributed by atoms with Crippen LogP contribution in [0.25, 0.3) is 11.0 Å². The Hall–Kier alpha value is -1.75. The van der Waals surface area contributed by atoms with Gasteiger partial charge in [-0.05, 0) is 23.9 Å². The van der Waals surface area contributed by atoms with E-state index in [2.05, 4.69) is 10.3 Å². The third-order valence-electron chi connectivity index (χ3n) is 2.46. The van der Waals surface area contributed by atoms with Crippen molar-refractivity contribution in [3.05, 3.63) is 40.8 Å². The fraction of sp³-hybridized carbons (Fsp3) is 0.167. The molecule has 0 fully saturated rings. The molecule has 0 atom stereocenters. The van der Waals surface area contributed by atoms with Crippen LogP contribution in [0.5, 0.6) is 0 Å². The second-order valence-corrected chi connectivity index (χ2v) is 4.68. The van der Waals surface area contributed by atoms with E-state index in [1.165, 1.54) is 11.8 Å².